The molecule has 0 spiro atoms. The number of rotatable bonds is 8. The van der Waals surface area contributed by atoms with E-state index in [1.807, 2.05) is 49.9 Å². The summed E-state index contributed by atoms with van der Waals surface area (Å²) >= 11 is 0. The molecule has 1 atom stereocenters. The van der Waals surface area contributed by atoms with E-state index in [-0.39, 0.29) is 11.9 Å². The van der Waals surface area contributed by atoms with Crippen LogP contribution < -0.4 is 10.1 Å². The Kier molecular flexibility index (Phi) is 8.86. The SMILES string of the molecule is CCNC(=O)Oc1cccc(C(c2ccc(C(=O)N(CC)CC)cc2)N2CCN(C)CC2)c1. The number of benzene rings is 2. The van der Waals surface area contributed by atoms with Gasteiger partial charge in [-0.05, 0) is 63.2 Å². The number of nitrogens with zero attached hydrogens (tertiary/aromatic N) is 3. The van der Waals surface area contributed by atoms with Gasteiger partial charge in [-0.2, -0.15) is 0 Å². The van der Waals surface area contributed by atoms with Crippen LogP contribution in [-0.4, -0.2) is 79.6 Å². The van der Waals surface area contributed by atoms with Gasteiger partial charge in [0, 0.05) is 51.4 Å². The summed E-state index contributed by atoms with van der Waals surface area (Å²) in [6.45, 7) is 11.6. The topological polar surface area (TPSA) is 65.1 Å². The maximum Gasteiger partial charge on any atom is 0.412 e. The van der Waals surface area contributed by atoms with Crippen molar-refractivity contribution in [3.8, 4) is 5.75 Å². The summed E-state index contributed by atoms with van der Waals surface area (Å²) in [5, 5.41) is 2.67. The van der Waals surface area contributed by atoms with E-state index in [0.717, 1.165) is 37.3 Å². The van der Waals surface area contributed by atoms with E-state index in [2.05, 4.69) is 40.4 Å². The standard InChI is InChI=1S/C26H36N4O3/c1-5-27-26(32)33-23-10-8-9-22(19-23)24(30-17-15-28(4)16-18-30)20-11-13-21(14-12-20)25(31)29(6-2)7-3/h8-14,19,24H,5-7,15-18H2,1-4H3,(H,27,32). The third-order valence-electron chi connectivity index (χ3n) is 6.13. The number of amides is 2. The molecule has 1 saturated heterocycles. The largest absolute Gasteiger partial charge is 0.412 e. The minimum Gasteiger partial charge on any atom is -0.410 e. The number of ether oxygens (including phenoxy) is 1. The third-order valence-corrected chi connectivity index (χ3v) is 6.13. The third kappa shape index (κ3) is 6.33. The number of hydrogen-bond acceptors (Lipinski definition) is 5. The Morgan fingerprint density at radius 2 is 1.64 bits per heavy atom. The number of carbonyl (C=O) groups excluding carboxylic acids is 2. The highest BCUT2D eigenvalue weighted by molar-refractivity contribution is 5.94. The van der Waals surface area contributed by atoms with E-state index in [4.69, 9.17) is 4.74 Å². The van der Waals surface area contributed by atoms with Crippen molar-refractivity contribution >= 4 is 12.0 Å². The van der Waals surface area contributed by atoms with Crippen LogP contribution in [0.1, 0.15) is 48.3 Å². The summed E-state index contributed by atoms with van der Waals surface area (Å²) in [6.07, 6.45) is -0.454. The summed E-state index contributed by atoms with van der Waals surface area (Å²) in [4.78, 5) is 31.3. The molecule has 0 radical (unpaired) electrons. The first-order valence-electron chi connectivity index (χ1n) is 11.8. The highest BCUT2D eigenvalue weighted by atomic mass is 16.6. The van der Waals surface area contributed by atoms with E-state index in [1.165, 1.54) is 0 Å². The molecule has 1 heterocycles. The molecule has 33 heavy (non-hydrogen) atoms. The lowest BCUT2D eigenvalue weighted by atomic mass is 9.95. The number of piperazine rings is 1. The van der Waals surface area contributed by atoms with Crippen LogP contribution >= 0.6 is 0 Å². The second kappa shape index (κ2) is 11.8. The van der Waals surface area contributed by atoms with Crippen LogP contribution in [0.5, 0.6) is 5.75 Å². The van der Waals surface area contributed by atoms with Gasteiger partial charge in [-0.3, -0.25) is 9.69 Å². The van der Waals surface area contributed by atoms with Crippen molar-refractivity contribution in [2.75, 3.05) is 52.9 Å². The van der Waals surface area contributed by atoms with Gasteiger partial charge >= 0.3 is 6.09 Å². The number of carbonyl (C=O) groups is 2. The lowest BCUT2D eigenvalue weighted by Crippen LogP contribution is -2.46. The van der Waals surface area contributed by atoms with Crippen molar-refractivity contribution in [2.45, 2.75) is 26.8 Å². The normalized spacial score (nSPS) is 15.6. The first-order chi connectivity index (χ1) is 16.0. The fourth-order valence-electron chi connectivity index (χ4n) is 4.23. The molecule has 1 N–H and O–H groups in total. The zero-order valence-electron chi connectivity index (χ0n) is 20.2. The van der Waals surface area contributed by atoms with Crippen LogP contribution in [0.25, 0.3) is 0 Å². The average Bonchev–Trinajstić information content (AvgIpc) is 2.82. The van der Waals surface area contributed by atoms with Crippen LogP contribution in [0.4, 0.5) is 4.79 Å². The maximum absolute atomic E-state index is 12.8. The van der Waals surface area contributed by atoms with Gasteiger partial charge in [-0.25, -0.2) is 4.79 Å². The molecule has 0 saturated carbocycles. The van der Waals surface area contributed by atoms with Gasteiger partial charge in [0.05, 0.1) is 6.04 Å². The monoisotopic (exact) mass is 452 g/mol. The fourth-order valence-corrected chi connectivity index (χ4v) is 4.23. The Morgan fingerprint density at radius 3 is 2.24 bits per heavy atom. The fraction of sp³-hybridized carbons (Fsp3) is 0.462. The molecule has 7 heteroatoms. The van der Waals surface area contributed by atoms with Gasteiger partial charge in [0.1, 0.15) is 5.75 Å². The highest BCUT2D eigenvalue weighted by Gasteiger charge is 2.26. The first-order valence-corrected chi connectivity index (χ1v) is 11.8. The molecule has 0 aromatic heterocycles. The summed E-state index contributed by atoms with van der Waals surface area (Å²) in [7, 11) is 2.14. The molecule has 2 aromatic carbocycles. The molecule has 2 amide bonds. The molecule has 0 bridgehead atoms. The van der Waals surface area contributed by atoms with Crippen molar-refractivity contribution in [1.82, 2.24) is 20.0 Å². The molecular weight excluding hydrogens is 416 g/mol. The molecule has 7 nitrogen and oxygen atoms in total. The van der Waals surface area contributed by atoms with Gasteiger partial charge < -0.3 is 19.9 Å². The Morgan fingerprint density at radius 1 is 0.970 bits per heavy atom. The van der Waals surface area contributed by atoms with Crippen molar-refractivity contribution < 1.29 is 14.3 Å². The lowest BCUT2D eigenvalue weighted by molar-refractivity contribution is 0.0773. The Labute approximate surface area is 197 Å². The minimum absolute atomic E-state index is 0.00842. The van der Waals surface area contributed by atoms with Crippen LogP contribution in [-0.2, 0) is 0 Å². The molecule has 3 rings (SSSR count). The second-order valence-electron chi connectivity index (χ2n) is 8.33. The molecule has 1 unspecified atom stereocenters. The Hall–Kier alpha value is -2.90. The van der Waals surface area contributed by atoms with E-state index >= 15 is 0 Å². The average molecular weight is 453 g/mol. The summed E-state index contributed by atoms with van der Waals surface area (Å²) in [5.41, 5.74) is 2.88. The predicted octanol–water partition coefficient (Wildman–Crippen LogP) is 3.61. The van der Waals surface area contributed by atoms with E-state index in [1.54, 1.807) is 6.07 Å². The van der Waals surface area contributed by atoms with Crippen molar-refractivity contribution in [3.05, 3.63) is 65.2 Å². The van der Waals surface area contributed by atoms with E-state index in [9.17, 15) is 9.59 Å². The Bertz CT molecular complexity index is 919. The first kappa shape index (κ1) is 24.7. The quantitative estimate of drug-likeness (QED) is 0.663. The molecule has 0 aliphatic carbocycles. The zero-order chi connectivity index (χ0) is 23.8. The lowest BCUT2D eigenvalue weighted by Gasteiger charge is -2.38. The molecule has 1 aliphatic heterocycles. The summed E-state index contributed by atoms with van der Waals surface area (Å²) in [6, 6.07) is 15.7. The smallest absolute Gasteiger partial charge is 0.410 e. The Balaban J connectivity index is 1.91. The van der Waals surface area contributed by atoms with Gasteiger partial charge in [-0.1, -0.05) is 24.3 Å². The summed E-state index contributed by atoms with van der Waals surface area (Å²) in [5.74, 6) is 0.575. The molecule has 2 aromatic rings. The van der Waals surface area contributed by atoms with E-state index < -0.39 is 6.09 Å². The molecule has 178 valence electrons. The molecule has 1 fully saturated rings. The molecule has 1 aliphatic rings. The van der Waals surface area contributed by atoms with Crippen LogP contribution in [0.15, 0.2) is 48.5 Å². The predicted molar refractivity (Wildman–Crippen MR) is 131 cm³/mol. The van der Waals surface area contributed by atoms with Crippen molar-refractivity contribution in [2.24, 2.45) is 0 Å². The number of nitrogens with one attached hydrogen (secondary N) is 1. The van der Waals surface area contributed by atoms with Gasteiger partial charge in [0.15, 0.2) is 0 Å². The maximum atomic E-state index is 12.8. The van der Waals surface area contributed by atoms with Gasteiger partial charge in [0.2, 0.25) is 0 Å². The van der Waals surface area contributed by atoms with Crippen molar-refractivity contribution in [3.63, 3.8) is 0 Å². The number of hydrogen-bond donors (Lipinski definition) is 1. The summed E-state index contributed by atoms with van der Waals surface area (Å²) < 4.78 is 5.46. The molecular formula is C26H36N4O3. The van der Waals surface area contributed by atoms with Crippen molar-refractivity contribution in [1.29, 1.82) is 0 Å². The van der Waals surface area contributed by atoms with Gasteiger partial charge in [-0.15, -0.1) is 0 Å². The van der Waals surface area contributed by atoms with Crippen LogP contribution in [0.2, 0.25) is 0 Å². The van der Waals surface area contributed by atoms with Crippen LogP contribution in [0.3, 0.4) is 0 Å². The number of likely N-dealkylation sites (N-methyl/N-ethyl adjacent to an activating group) is 1. The highest BCUT2D eigenvalue weighted by Crippen LogP contribution is 2.32. The second-order valence-corrected chi connectivity index (χ2v) is 8.33. The minimum atomic E-state index is -0.454. The van der Waals surface area contributed by atoms with Crippen LogP contribution in [0, 0.1) is 0 Å². The zero-order valence-corrected chi connectivity index (χ0v) is 20.2. The van der Waals surface area contributed by atoms with E-state index in [0.29, 0.717) is 30.9 Å². The van der Waals surface area contributed by atoms with Gasteiger partial charge in [0.25, 0.3) is 5.91 Å².